The van der Waals surface area contributed by atoms with Gasteiger partial charge in [0.05, 0.1) is 34.4 Å². The summed E-state index contributed by atoms with van der Waals surface area (Å²) in [4.78, 5) is 22.2. The number of carbonyl (C=O) groups excluding carboxylic acids is 1. The Morgan fingerprint density at radius 2 is 1.47 bits per heavy atom. The number of hydrogen-bond donors (Lipinski definition) is 2. The predicted octanol–water partition coefficient (Wildman–Crippen LogP) is 8.27. The third kappa shape index (κ3) is 18.9. The molecule has 0 aliphatic heterocycles. The van der Waals surface area contributed by atoms with Crippen molar-refractivity contribution in [2.75, 3.05) is 47.5 Å². The quantitative estimate of drug-likeness (QED) is 0.0497. The highest BCUT2D eigenvalue weighted by Gasteiger charge is 2.27. The average Bonchev–Trinajstić information content (AvgIpc) is 2.95. The van der Waals surface area contributed by atoms with Crippen molar-refractivity contribution in [3.8, 4) is 0 Å². The predicted molar refractivity (Wildman–Crippen MR) is 194 cm³/mol. The molecule has 0 fully saturated rings. The molecule has 0 aromatic carbocycles. The first kappa shape index (κ1) is 42.2. The molecule has 8 nitrogen and oxygen atoms in total. The topological polar surface area (TPSA) is 102 Å². The van der Waals surface area contributed by atoms with E-state index in [1.165, 1.54) is 36.0 Å². The molecule has 0 heterocycles. The van der Waals surface area contributed by atoms with Crippen molar-refractivity contribution in [2.45, 2.75) is 73.8 Å². The maximum atomic E-state index is 12.4. The molecule has 0 radical (unpaired) electrons. The van der Waals surface area contributed by atoms with Crippen molar-refractivity contribution in [2.24, 2.45) is 5.41 Å². The van der Waals surface area contributed by atoms with Crippen LogP contribution in [0.3, 0.4) is 0 Å². The van der Waals surface area contributed by atoms with Crippen LogP contribution in [-0.2, 0) is 23.1 Å². The van der Waals surface area contributed by atoms with Gasteiger partial charge in [-0.2, -0.15) is 0 Å². The van der Waals surface area contributed by atoms with Crippen molar-refractivity contribution in [3.63, 3.8) is 0 Å². The molecule has 0 amide bonds. The third-order valence-electron chi connectivity index (χ3n) is 7.55. The van der Waals surface area contributed by atoms with Crippen LogP contribution in [0.2, 0.25) is 0 Å². The number of likely N-dealkylation sites (N-methyl/N-ethyl adjacent to an activating group) is 1. The smallest absolute Gasteiger partial charge is 0.454 e. The zero-order valence-corrected chi connectivity index (χ0v) is 31.2. The molecule has 1 rings (SSSR count). The summed E-state index contributed by atoms with van der Waals surface area (Å²) in [6.45, 7) is 14.1. The molecule has 0 saturated carbocycles. The van der Waals surface area contributed by atoms with Gasteiger partial charge in [-0.3, -0.25) is 9.05 Å². The van der Waals surface area contributed by atoms with Gasteiger partial charge < -0.3 is 19.2 Å². The Labute approximate surface area is 284 Å². The van der Waals surface area contributed by atoms with Crippen molar-refractivity contribution in [3.05, 3.63) is 106 Å². The molecule has 2 atom stereocenters. The minimum Gasteiger partial charge on any atom is -0.454 e. The van der Waals surface area contributed by atoms with Crippen LogP contribution in [0.1, 0.15) is 67.7 Å². The highest BCUT2D eigenvalue weighted by Crippen LogP contribution is 2.43. The molecule has 47 heavy (non-hydrogen) atoms. The van der Waals surface area contributed by atoms with Gasteiger partial charge in [0.1, 0.15) is 19.3 Å². The fourth-order valence-electron chi connectivity index (χ4n) is 4.58. The number of aliphatic hydroxyl groups is 1. The first-order valence-electron chi connectivity index (χ1n) is 16.2. The van der Waals surface area contributed by atoms with Crippen LogP contribution in [0.5, 0.6) is 0 Å². The molecule has 0 spiro atoms. The summed E-state index contributed by atoms with van der Waals surface area (Å²) in [5.41, 5.74) is 6.82. The maximum absolute atomic E-state index is 12.4. The Kier molecular flexibility index (Phi) is 18.4. The summed E-state index contributed by atoms with van der Waals surface area (Å²) in [5.74, 6) is -0.673. The van der Waals surface area contributed by atoms with Gasteiger partial charge >= 0.3 is 13.8 Å². The Balaban J connectivity index is 2.60. The fourth-order valence-corrected chi connectivity index (χ4v) is 5.32. The number of aliphatic hydroxyl groups excluding tert-OH is 1. The summed E-state index contributed by atoms with van der Waals surface area (Å²) >= 11 is 0. The number of hydrogen-bond acceptors (Lipinski definition) is 6. The monoisotopic (exact) mass is 672 g/mol. The van der Waals surface area contributed by atoms with Crippen molar-refractivity contribution in [1.82, 2.24) is 0 Å². The number of nitrogens with zero attached hydrogens (tertiary/aromatic N) is 1. The summed E-state index contributed by atoms with van der Waals surface area (Å²) < 4.78 is 27.7. The second-order valence-corrected chi connectivity index (χ2v) is 15.2. The maximum Gasteiger partial charge on any atom is 0.472 e. The molecule has 1 unspecified atom stereocenters. The lowest BCUT2D eigenvalue weighted by atomic mass is 9.72. The van der Waals surface area contributed by atoms with Crippen LogP contribution in [0.25, 0.3) is 0 Å². The van der Waals surface area contributed by atoms with Gasteiger partial charge in [0.15, 0.2) is 0 Å². The standard InChI is InChI=1S/C38H58NO7P/c1-30(18-13-19-32(3)23-24-36-33(4)22-15-25-38(36,6)7)16-11-12-17-31(2)20-14-21-34(5)37(41)46-35(28-40)29-45-47(42,43)44-27-26-39(8,9)10/h11-14,16-21,23-24,35,40H,15,22,25-29H2,1-10H3/p+1/b12-11+,18-13+,20-14+,24-23+,30-16+,31-17+,32-19+,34-21+/t35-/m1/s1. The number of rotatable bonds is 18. The number of allylic oxidation sites excluding steroid dienone is 17. The van der Waals surface area contributed by atoms with Gasteiger partial charge in [-0.05, 0) is 64.9 Å². The minimum atomic E-state index is -4.34. The van der Waals surface area contributed by atoms with Gasteiger partial charge in [-0.1, -0.05) is 109 Å². The highest BCUT2D eigenvalue weighted by atomic mass is 31.2. The fraction of sp³-hybridized carbons (Fsp3) is 0.500. The lowest BCUT2D eigenvalue weighted by Gasteiger charge is -2.32. The Bertz CT molecular complexity index is 1360. The lowest BCUT2D eigenvalue weighted by Crippen LogP contribution is -2.37. The van der Waals surface area contributed by atoms with Gasteiger partial charge in [0.2, 0.25) is 0 Å². The van der Waals surface area contributed by atoms with Crippen molar-refractivity contribution < 1.29 is 37.6 Å². The van der Waals surface area contributed by atoms with Crippen LogP contribution in [0.15, 0.2) is 106 Å². The van der Waals surface area contributed by atoms with Gasteiger partial charge in [0.25, 0.3) is 0 Å². The Morgan fingerprint density at radius 1 is 0.915 bits per heavy atom. The first-order valence-corrected chi connectivity index (χ1v) is 17.7. The molecule has 0 saturated heterocycles. The van der Waals surface area contributed by atoms with Crippen LogP contribution < -0.4 is 0 Å². The lowest BCUT2D eigenvalue weighted by molar-refractivity contribution is -0.870. The second-order valence-electron chi connectivity index (χ2n) is 13.8. The molecule has 9 heteroatoms. The molecule has 0 bridgehead atoms. The molecule has 0 aromatic rings. The second kappa shape index (κ2) is 20.5. The van der Waals surface area contributed by atoms with E-state index in [1.807, 2.05) is 58.4 Å². The largest absolute Gasteiger partial charge is 0.472 e. The number of esters is 1. The molecule has 2 N–H and O–H groups in total. The number of ether oxygens (including phenoxy) is 1. The van der Waals surface area contributed by atoms with E-state index in [-0.39, 0.29) is 12.0 Å². The number of phosphoric acid groups is 1. The van der Waals surface area contributed by atoms with E-state index in [4.69, 9.17) is 13.8 Å². The van der Waals surface area contributed by atoms with E-state index < -0.39 is 33.1 Å². The van der Waals surface area contributed by atoms with Crippen LogP contribution in [0.4, 0.5) is 0 Å². The number of quaternary nitrogens is 1. The van der Waals surface area contributed by atoms with E-state index >= 15 is 0 Å². The SMILES string of the molecule is CC1=C(/C=C/C(C)=C/C=C/C(C)=C/C=C/C=C(C)/C=C/C=C(\C)C(=O)O[C@H](CO)COP(=O)(O)OCC[N+](C)(C)C)C(C)(C)CCC1. The molecule has 0 aromatic heterocycles. The molecule has 262 valence electrons. The van der Waals surface area contributed by atoms with Crippen LogP contribution >= 0.6 is 7.82 Å². The number of phosphoric ester groups is 1. The van der Waals surface area contributed by atoms with Gasteiger partial charge in [-0.15, -0.1) is 0 Å². The zero-order chi connectivity index (χ0) is 35.7. The first-order chi connectivity index (χ1) is 21.8. The van der Waals surface area contributed by atoms with E-state index in [9.17, 15) is 19.4 Å². The molecule has 1 aliphatic rings. The van der Waals surface area contributed by atoms with Gasteiger partial charge in [0, 0.05) is 5.57 Å². The third-order valence-corrected chi connectivity index (χ3v) is 8.53. The zero-order valence-electron chi connectivity index (χ0n) is 30.3. The van der Waals surface area contributed by atoms with E-state index in [2.05, 4.69) is 65.0 Å². The van der Waals surface area contributed by atoms with Crippen molar-refractivity contribution in [1.29, 1.82) is 0 Å². The van der Waals surface area contributed by atoms with E-state index in [1.54, 1.807) is 19.1 Å². The van der Waals surface area contributed by atoms with Crippen LogP contribution in [0, 0.1) is 5.41 Å². The number of carbonyl (C=O) groups is 1. The Hall–Kier alpha value is -2.84. The van der Waals surface area contributed by atoms with Crippen LogP contribution in [-0.4, -0.2) is 74.1 Å². The minimum absolute atomic E-state index is 0.0138. The average molecular weight is 673 g/mol. The summed E-state index contributed by atoms with van der Waals surface area (Å²) in [7, 11) is 1.42. The van der Waals surface area contributed by atoms with E-state index in [0.717, 1.165) is 11.1 Å². The summed E-state index contributed by atoms with van der Waals surface area (Å²) in [6, 6.07) is 0. The molecule has 1 aliphatic carbocycles. The highest BCUT2D eigenvalue weighted by molar-refractivity contribution is 7.47. The normalized spacial score (nSPS) is 19.4. The van der Waals surface area contributed by atoms with Crippen molar-refractivity contribution >= 4 is 13.8 Å². The molecular weight excluding hydrogens is 613 g/mol. The van der Waals surface area contributed by atoms with Gasteiger partial charge in [-0.25, -0.2) is 9.36 Å². The molecular formula is C38H59NO7P+. The summed E-state index contributed by atoms with van der Waals surface area (Å²) in [5, 5.41) is 9.54. The Morgan fingerprint density at radius 3 is 2.02 bits per heavy atom. The van der Waals surface area contributed by atoms with E-state index in [0.29, 0.717) is 16.6 Å². The summed E-state index contributed by atoms with van der Waals surface area (Å²) in [6.07, 6.45) is 26.5.